The molecule has 1 aromatic carbocycles. The lowest BCUT2D eigenvalue weighted by Gasteiger charge is -2.30. The van der Waals surface area contributed by atoms with Crippen LogP contribution < -0.4 is 5.32 Å². The Kier molecular flexibility index (Phi) is 4.85. The van der Waals surface area contributed by atoms with Crippen molar-refractivity contribution in [1.29, 1.82) is 0 Å². The van der Waals surface area contributed by atoms with Gasteiger partial charge in [0.25, 0.3) is 0 Å². The lowest BCUT2D eigenvalue weighted by atomic mass is 10.2. The highest BCUT2D eigenvalue weighted by molar-refractivity contribution is 7.91. The van der Waals surface area contributed by atoms with E-state index in [1.165, 1.54) is 11.3 Å². The maximum absolute atomic E-state index is 12.9. The van der Waals surface area contributed by atoms with E-state index in [4.69, 9.17) is 4.74 Å². The van der Waals surface area contributed by atoms with E-state index >= 15 is 0 Å². The van der Waals surface area contributed by atoms with Crippen LogP contribution >= 0.6 is 11.3 Å². The Balaban J connectivity index is 1.52. The molecule has 2 amide bonds. The number of sulfone groups is 1. The molecule has 2 aliphatic heterocycles. The van der Waals surface area contributed by atoms with E-state index in [9.17, 15) is 13.2 Å². The Hall–Kier alpha value is -1.71. The summed E-state index contributed by atoms with van der Waals surface area (Å²) in [4.78, 5) is 19.0. The maximum Gasteiger partial charge on any atom is 0.324 e. The Morgan fingerprint density at radius 2 is 2.19 bits per heavy atom. The molecule has 0 radical (unpaired) electrons. The van der Waals surface area contributed by atoms with Crippen molar-refractivity contribution in [2.75, 3.05) is 30.0 Å². The van der Waals surface area contributed by atoms with Gasteiger partial charge >= 0.3 is 6.03 Å². The van der Waals surface area contributed by atoms with Crippen molar-refractivity contribution < 1.29 is 17.9 Å². The molecular weight excluding hydrogens is 374 g/mol. The van der Waals surface area contributed by atoms with Crippen LogP contribution in [-0.2, 0) is 14.6 Å². The summed E-state index contributed by atoms with van der Waals surface area (Å²) in [6.07, 6.45) is 2.31. The first-order chi connectivity index (χ1) is 12.5. The van der Waals surface area contributed by atoms with Gasteiger partial charge in [0.05, 0.1) is 27.8 Å². The quantitative estimate of drug-likeness (QED) is 0.859. The summed E-state index contributed by atoms with van der Waals surface area (Å²) >= 11 is 1.41. The van der Waals surface area contributed by atoms with E-state index in [1.807, 2.05) is 24.3 Å². The molecule has 26 heavy (non-hydrogen) atoms. The van der Waals surface area contributed by atoms with E-state index in [0.717, 1.165) is 23.1 Å². The largest absolute Gasteiger partial charge is 0.376 e. The number of carbonyl (C=O) groups excluding carboxylic acids is 1. The molecule has 2 aliphatic rings. The van der Waals surface area contributed by atoms with Gasteiger partial charge in [-0.15, -0.1) is 0 Å². The Bertz CT molecular complexity index is 873. The van der Waals surface area contributed by atoms with Crippen molar-refractivity contribution in [3.8, 4) is 0 Å². The fourth-order valence-electron chi connectivity index (χ4n) is 3.52. The van der Waals surface area contributed by atoms with E-state index in [0.29, 0.717) is 24.7 Å². The van der Waals surface area contributed by atoms with Crippen LogP contribution in [0.3, 0.4) is 0 Å². The maximum atomic E-state index is 12.9. The van der Waals surface area contributed by atoms with Gasteiger partial charge in [-0.1, -0.05) is 23.5 Å². The van der Waals surface area contributed by atoms with Crippen molar-refractivity contribution >= 4 is 42.6 Å². The van der Waals surface area contributed by atoms with E-state index in [-0.39, 0.29) is 29.7 Å². The number of ether oxygens (including phenoxy) is 1. The minimum absolute atomic E-state index is 0.0208. The van der Waals surface area contributed by atoms with Crippen molar-refractivity contribution in [1.82, 2.24) is 9.88 Å². The summed E-state index contributed by atoms with van der Waals surface area (Å²) in [6, 6.07) is 7.08. The zero-order valence-electron chi connectivity index (χ0n) is 14.3. The summed E-state index contributed by atoms with van der Waals surface area (Å²) in [6.45, 7) is 1.11. The van der Waals surface area contributed by atoms with Gasteiger partial charge in [0.1, 0.15) is 0 Å². The zero-order chi connectivity index (χ0) is 18.1. The number of benzene rings is 1. The number of thiazole rings is 1. The molecule has 9 heteroatoms. The minimum Gasteiger partial charge on any atom is -0.376 e. The second-order valence-corrected chi connectivity index (χ2v) is 10.0. The van der Waals surface area contributed by atoms with Crippen molar-refractivity contribution in [3.05, 3.63) is 24.3 Å². The number of fused-ring (bicyclic) bond motifs is 1. The van der Waals surface area contributed by atoms with Crippen LogP contribution in [0.4, 0.5) is 9.93 Å². The van der Waals surface area contributed by atoms with Crippen LogP contribution in [0.1, 0.15) is 19.3 Å². The molecule has 0 saturated carbocycles. The predicted octanol–water partition coefficient (Wildman–Crippen LogP) is 2.50. The number of anilines is 1. The molecule has 0 spiro atoms. The van der Waals surface area contributed by atoms with Crippen molar-refractivity contribution in [2.45, 2.75) is 31.4 Å². The predicted molar refractivity (Wildman–Crippen MR) is 101 cm³/mol. The van der Waals surface area contributed by atoms with Crippen LogP contribution in [-0.4, -0.2) is 61.1 Å². The summed E-state index contributed by atoms with van der Waals surface area (Å²) in [7, 11) is -3.08. The normalized spacial score (nSPS) is 24.8. The molecule has 2 saturated heterocycles. The van der Waals surface area contributed by atoms with Crippen molar-refractivity contribution in [2.24, 2.45) is 0 Å². The van der Waals surface area contributed by atoms with Gasteiger partial charge in [-0.05, 0) is 31.4 Å². The Labute approximate surface area is 156 Å². The number of nitrogens with one attached hydrogen (secondary N) is 1. The molecule has 3 heterocycles. The van der Waals surface area contributed by atoms with E-state index in [2.05, 4.69) is 10.3 Å². The molecule has 1 aromatic heterocycles. The summed E-state index contributed by atoms with van der Waals surface area (Å²) < 4.78 is 30.4. The first kappa shape index (κ1) is 17.7. The van der Waals surface area contributed by atoms with Gasteiger partial charge < -0.3 is 9.64 Å². The van der Waals surface area contributed by atoms with Gasteiger partial charge in [-0.25, -0.2) is 18.2 Å². The van der Waals surface area contributed by atoms with Gasteiger partial charge in [-0.3, -0.25) is 5.32 Å². The highest BCUT2D eigenvalue weighted by atomic mass is 32.2. The third kappa shape index (κ3) is 3.84. The molecule has 0 unspecified atom stereocenters. The first-order valence-corrected chi connectivity index (χ1v) is 11.4. The Morgan fingerprint density at radius 1 is 1.35 bits per heavy atom. The second kappa shape index (κ2) is 7.13. The average Bonchev–Trinajstić information content (AvgIpc) is 3.31. The van der Waals surface area contributed by atoms with Crippen LogP contribution in [0.15, 0.2) is 24.3 Å². The first-order valence-electron chi connectivity index (χ1n) is 8.75. The average molecular weight is 396 g/mol. The fourth-order valence-corrected chi connectivity index (χ4v) is 6.10. The number of urea groups is 1. The third-order valence-corrected chi connectivity index (χ3v) is 7.54. The summed E-state index contributed by atoms with van der Waals surface area (Å²) in [5, 5.41) is 3.38. The number of para-hydroxylation sites is 1. The molecular formula is C17H21N3O4S2. The van der Waals surface area contributed by atoms with Crippen molar-refractivity contribution in [3.63, 3.8) is 0 Å². The lowest BCUT2D eigenvalue weighted by molar-refractivity contribution is 0.0751. The zero-order valence-corrected chi connectivity index (χ0v) is 15.9. The second-order valence-electron chi connectivity index (χ2n) is 6.76. The molecule has 2 aromatic rings. The van der Waals surface area contributed by atoms with Crippen LogP contribution in [0.5, 0.6) is 0 Å². The number of carbonyl (C=O) groups is 1. The highest BCUT2D eigenvalue weighted by Crippen LogP contribution is 2.27. The van der Waals surface area contributed by atoms with Gasteiger partial charge in [0, 0.05) is 19.2 Å². The monoisotopic (exact) mass is 395 g/mol. The molecule has 140 valence electrons. The van der Waals surface area contributed by atoms with Crippen LogP contribution in [0, 0.1) is 0 Å². The number of nitrogens with zero attached hydrogens (tertiary/aromatic N) is 2. The van der Waals surface area contributed by atoms with Crippen LogP contribution in [0.25, 0.3) is 10.2 Å². The molecule has 2 fully saturated rings. The lowest BCUT2D eigenvalue weighted by Crippen LogP contribution is -2.47. The van der Waals surface area contributed by atoms with Gasteiger partial charge in [0.2, 0.25) is 0 Å². The molecule has 1 N–H and O–H groups in total. The minimum atomic E-state index is -3.08. The van der Waals surface area contributed by atoms with Crippen LogP contribution in [0.2, 0.25) is 0 Å². The molecule has 0 aliphatic carbocycles. The van der Waals surface area contributed by atoms with Gasteiger partial charge in [-0.2, -0.15) is 0 Å². The van der Waals surface area contributed by atoms with E-state index in [1.54, 1.807) is 4.90 Å². The number of amides is 2. The van der Waals surface area contributed by atoms with Gasteiger partial charge in [0.15, 0.2) is 15.0 Å². The number of aromatic nitrogens is 1. The standard InChI is InChI=1S/C17H21N3O4S2/c21-17(19-16-18-14-5-1-2-6-15(14)25-16)20(10-13-4-3-8-24-13)12-7-9-26(22,23)11-12/h1-2,5-6,12-13H,3-4,7-11H2,(H,18,19,21)/t12-,13-/m0/s1. The third-order valence-electron chi connectivity index (χ3n) is 4.84. The molecule has 4 rings (SSSR count). The number of rotatable bonds is 4. The molecule has 2 atom stereocenters. The molecule has 7 nitrogen and oxygen atoms in total. The number of hydrogen-bond donors (Lipinski definition) is 1. The fraction of sp³-hybridized carbons (Fsp3) is 0.529. The summed E-state index contributed by atoms with van der Waals surface area (Å²) in [5.41, 5.74) is 0.835. The Morgan fingerprint density at radius 3 is 2.88 bits per heavy atom. The number of hydrogen-bond acceptors (Lipinski definition) is 6. The molecule has 0 bridgehead atoms. The smallest absolute Gasteiger partial charge is 0.324 e. The highest BCUT2D eigenvalue weighted by Gasteiger charge is 2.36. The summed E-state index contributed by atoms with van der Waals surface area (Å²) in [5.74, 6) is 0.154. The SMILES string of the molecule is O=C(Nc1nc2ccccc2s1)N(C[C@@H]1CCCO1)[C@H]1CCS(=O)(=O)C1. The topological polar surface area (TPSA) is 88.6 Å². The van der Waals surface area contributed by atoms with E-state index < -0.39 is 9.84 Å².